The average Bonchev–Trinajstić information content (AvgIpc) is 3.17. The zero-order chi connectivity index (χ0) is 14.0. The molecule has 1 unspecified atom stereocenters. The molecule has 0 aromatic heterocycles. The summed E-state index contributed by atoms with van der Waals surface area (Å²) in [7, 11) is 0. The minimum absolute atomic E-state index is 0.196. The van der Waals surface area contributed by atoms with E-state index in [0.717, 1.165) is 12.8 Å². The molecule has 1 aromatic rings. The first-order chi connectivity index (χ1) is 8.95. The maximum atomic E-state index is 12.2. The van der Waals surface area contributed by atoms with E-state index in [4.69, 9.17) is 22.1 Å². The van der Waals surface area contributed by atoms with Gasteiger partial charge in [0.25, 0.3) is 0 Å². The van der Waals surface area contributed by atoms with Crippen molar-refractivity contribution >= 4 is 23.2 Å². The second-order valence-corrected chi connectivity index (χ2v) is 5.52. The van der Waals surface area contributed by atoms with E-state index >= 15 is 0 Å². The summed E-state index contributed by atoms with van der Waals surface area (Å²) in [4.78, 5) is 12.2. The number of halogens is 1. The van der Waals surface area contributed by atoms with Crippen molar-refractivity contribution in [3.8, 4) is 5.75 Å². The second-order valence-electron chi connectivity index (χ2n) is 5.08. The van der Waals surface area contributed by atoms with Gasteiger partial charge in [0, 0.05) is 5.02 Å². The predicted molar refractivity (Wildman–Crippen MR) is 76.6 cm³/mol. The molecule has 104 valence electrons. The number of hydrogen-bond donors (Lipinski definition) is 2. The van der Waals surface area contributed by atoms with Crippen molar-refractivity contribution in [3.05, 3.63) is 23.2 Å². The lowest BCUT2D eigenvalue weighted by Crippen LogP contribution is -2.50. The van der Waals surface area contributed by atoms with Crippen LogP contribution in [0.5, 0.6) is 5.75 Å². The molecule has 1 aromatic carbocycles. The molecular weight excluding hydrogens is 264 g/mol. The number of ether oxygens (including phenoxy) is 1. The highest BCUT2D eigenvalue weighted by atomic mass is 35.5. The lowest BCUT2D eigenvalue weighted by Gasteiger charge is -2.24. The number of carbonyl (C=O) groups excluding carboxylic acids is 1. The highest BCUT2D eigenvalue weighted by Crippen LogP contribution is 2.39. The summed E-state index contributed by atoms with van der Waals surface area (Å²) < 4.78 is 5.47. The van der Waals surface area contributed by atoms with E-state index in [1.165, 1.54) is 0 Å². The lowest BCUT2D eigenvalue weighted by molar-refractivity contribution is -0.121. The molecule has 19 heavy (non-hydrogen) atoms. The number of benzene rings is 1. The normalized spacial score (nSPS) is 17.7. The fraction of sp³-hybridized carbons (Fsp3) is 0.500. The molecule has 4 nitrogen and oxygen atoms in total. The van der Waals surface area contributed by atoms with Gasteiger partial charge in [-0.25, -0.2) is 0 Å². The minimum Gasteiger partial charge on any atom is -0.492 e. The number of rotatable bonds is 5. The first-order valence-electron chi connectivity index (χ1n) is 6.47. The maximum Gasteiger partial charge on any atom is 0.244 e. The zero-order valence-corrected chi connectivity index (χ0v) is 12.0. The van der Waals surface area contributed by atoms with Gasteiger partial charge in [-0.2, -0.15) is 0 Å². The van der Waals surface area contributed by atoms with Gasteiger partial charge in [0.05, 0.1) is 17.8 Å². The number of nitrogens with one attached hydrogen (secondary N) is 1. The van der Waals surface area contributed by atoms with Crippen molar-refractivity contribution in [2.75, 3.05) is 11.9 Å². The largest absolute Gasteiger partial charge is 0.492 e. The summed E-state index contributed by atoms with van der Waals surface area (Å²) >= 11 is 5.95. The van der Waals surface area contributed by atoms with Gasteiger partial charge in [0.15, 0.2) is 0 Å². The highest BCUT2D eigenvalue weighted by molar-refractivity contribution is 6.31. The predicted octanol–water partition coefficient (Wildman–Crippen LogP) is 2.80. The van der Waals surface area contributed by atoms with Crippen LogP contribution < -0.4 is 15.8 Å². The van der Waals surface area contributed by atoms with Gasteiger partial charge >= 0.3 is 0 Å². The number of carbonyl (C=O) groups is 1. The summed E-state index contributed by atoms with van der Waals surface area (Å²) in [5, 5.41) is 3.37. The Morgan fingerprint density at radius 2 is 2.26 bits per heavy atom. The Kier molecular flexibility index (Phi) is 4.02. The molecular formula is C14H19ClN2O2. The van der Waals surface area contributed by atoms with Gasteiger partial charge in [-0.1, -0.05) is 11.6 Å². The molecule has 1 atom stereocenters. The molecule has 5 heteroatoms. The van der Waals surface area contributed by atoms with E-state index in [9.17, 15) is 4.79 Å². The van der Waals surface area contributed by atoms with Gasteiger partial charge in [-0.3, -0.25) is 4.79 Å². The van der Waals surface area contributed by atoms with Gasteiger partial charge in [-0.05, 0) is 50.8 Å². The number of anilines is 1. The molecule has 1 saturated carbocycles. The zero-order valence-electron chi connectivity index (χ0n) is 11.2. The second kappa shape index (κ2) is 5.39. The van der Waals surface area contributed by atoms with Crippen LogP contribution in [-0.4, -0.2) is 18.1 Å². The van der Waals surface area contributed by atoms with E-state index < -0.39 is 5.54 Å². The molecule has 1 fully saturated rings. The van der Waals surface area contributed by atoms with Gasteiger partial charge in [0.2, 0.25) is 5.91 Å². The number of nitrogens with two attached hydrogens (primary N) is 1. The fourth-order valence-corrected chi connectivity index (χ4v) is 2.18. The van der Waals surface area contributed by atoms with Gasteiger partial charge in [-0.15, -0.1) is 0 Å². The van der Waals surface area contributed by atoms with Crippen LogP contribution in [0, 0.1) is 5.92 Å². The van der Waals surface area contributed by atoms with E-state index in [0.29, 0.717) is 23.1 Å². The smallest absolute Gasteiger partial charge is 0.244 e. The number of amides is 1. The molecule has 1 amide bonds. The van der Waals surface area contributed by atoms with Crippen LogP contribution in [0.4, 0.5) is 5.69 Å². The third-order valence-electron chi connectivity index (χ3n) is 3.40. The Balaban J connectivity index is 2.17. The van der Waals surface area contributed by atoms with E-state index in [1.807, 2.05) is 6.92 Å². The molecule has 0 heterocycles. The SMILES string of the molecule is CCOc1ccc(Cl)cc1NC(=O)C(C)(N)C1CC1. The molecule has 3 N–H and O–H groups in total. The van der Waals surface area contributed by atoms with Crippen LogP contribution in [0.25, 0.3) is 0 Å². The summed E-state index contributed by atoms with van der Waals surface area (Å²) in [6.07, 6.45) is 2.02. The third-order valence-corrected chi connectivity index (χ3v) is 3.64. The van der Waals surface area contributed by atoms with E-state index in [1.54, 1.807) is 25.1 Å². The Morgan fingerprint density at radius 1 is 1.58 bits per heavy atom. The molecule has 0 saturated heterocycles. The molecule has 0 aliphatic heterocycles. The van der Waals surface area contributed by atoms with E-state index in [2.05, 4.69) is 5.32 Å². The van der Waals surface area contributed by atoms with Crippen LogP contribution in [-0.2, 0) is 4.79 Å². The third kappa shape index (κ3) is 3.19. The van der Waals surface area contributed by atoms with Crippen molar-refractivity contribution in [2.45, 2.75) is 32.2 Å². The molecule has 2 rings (SSSR count). The molecule has 1 aliphatic carbocycles. The monoisotopic (exact) mass is 282 g/mol. The topological polar surface area (TPSA) is 64.3 Å². The Labute approximate surface area is 118 Å². The van der Waals surface area contributed by atoms with Crippen molar-refractivity contribution < 1.29 is 9.53 Å². The van der Waals surface area contributed by atoms with Crippen LogP contribution in [0.2, 0.25) is 5.02 Å². The molecule has 0 bridgehead atoms. The Hall–Kier alpha value is -1.26. The van der Waals surface area contributed by atoms with Gasteiger partial charge in [0.1, 0.15) is 5.75 Å². The summed E-state index contributed by atoms with van der Waals surface area (Å²) in [5.41, 5.74) is 5.81. The minimum atomic E-state index is -0.841. The average molecular weight is 283 g/mol. The molecule has 0 radical (unpaired) electrons. The molecule has 0 spiro atoms. The van der Waals surface area contributed by atoms with E-state index in [-0.39, 0.29) is 11.8 Å². The first kappa shape index (κ1) is 14.2. The van der Waals surface area contributed by atoms with Crippen molar-refractivity contribution in [1.82, 2.24) is 0 Å². The fourth-order valence-electron chi connectivity index (χ4n) is 2.01. The van der Waals surface area contributed by atoms with Crippen LogP contribution >= 0.6 is 11.6 Å². The Bertz CT molecular complexity index is 484. The Morgan fingerprint density at radius 3 is 2.84 bits per heavy atom. The first-order valence-corrected chi connectivity index (χ1v) is 6.85. The van der Waals surface area contributed by atoms with Crippen molar-refractivity contribution in [1.29, 1.82) is 0 Å². The summed E-state index contributed by atoms with van der Waals surface area (Å²) in [5.74, 6) is 0.673. The van der Waals surface area contributed by atoms with Crippen molar-refractivity contribution in [3.63, 3.8) is 0 Å². The summed E-state index contributed by atoms with van der Waals surface area (Å²) in [6, 6.07) is 5.14. The highest BCUT2D eigenvalue weighted by Gasteiger charge is 2.44. The quantitative estimate of drug-likeness (QED) is 0.873. The van der Waals surface area contributed by atoms with Crippen LogP contribution in [0.3, 0.4) is 0 Å². The summed E-state index contributed by atoms with van der Waals surface area (Å²) in [6.45, 7) is 4.18. The van der Waals surface area contributed by atoms with Crippen molar-refractivity contribution in [2.24, 2.45) is 11.7 Å². The van der Waals surface area contributed by atoms with Gasteiger partial charge < -0.3 is 15.8 Å². The number of hydrogen-bond acceptors (Lipinski definition) is 3. The maximum absolute atomic E-state index is 12.2. The van der Waals surface area contributed by atoms with Crippen LogP contribution in [0.1, 0.15) is 26.7 Å². The van der Waals surface area contributed by atoms with Crippen LogP contribution in [0.15, 0.2) is 18.2 Å². The lowest BCUT2D eigenvalue weighted by atomic mass is 9.96. The molecule has 1 aliphatic rings. The standard InChI is InChI=1S/C14H19ClN2O2/c1-3-19-12-7-6-10(15)8-11(12)17-13(18)14(2,16)9-4-5-9/h6-9H,3-5,16H2,1-2H3,(H,17,18).